The molecule has 1 fully saturated rings. The first-order valence-corrected chi connectivity index (χ1v) is 8.39. The van der Waals surface area contributed by atoms with Crippen molar-refractivity contribution in [2.45, 2.75) is 38.9 Å². The fraction of sp³-hybridized carbons (Fsp3) is 0.500. The van der Waals surface area contributed by atoms with Crippen LogP contribution in [0.15, 0.2) is 24.3 Å². The maximum atomic E-state index is 12.4. The number of amides is 1. The van der Waals surface area contributed by atoms with E-state index in [0.29, 0.717) is 5.92 Å². The Morgan fingerprint density at radius 1 is 1.25 bits per heavy atom. The van der Waals surface area contributed by atoms with Crippen molar-refractivity contribution < 1.29 is 4.79 Å². The van der Waals surface area contributed by atoms with Crippen molar-refractivity contribution in [3.8, 4) is 0 Å². The Kier molecular flexibility index (Phi) is 5.22. The summed E-state index contributed by atoms with van der Waals surface area (Å²) in [5.41, 5.74) is 2.54. The van der Waals surface area contributed by atoms with Gasteiger partial charge in [-0.1, -0.05) is 69.0 Å². The van der Waals surface area contributed by atoms with Crippen LogP contribution in [0.3, 0.4) is 0 Å². The molecule has 1 aromatic rings. The molecule has 108 valence electrons. The summed E-state index contributed by atoms with van der Waals surface area (Å²) in [7, 11) is 0. The van der Waals surface area contributed by atoms with Crippen molar-refractivity contribution in [3.05, 3.63) is 35.4 Å². The van der Waals surface area contributed by atoms with E-state index in [9.17, 15) is 4.79 Å². The zero-order valence-corrected chi connectivity index (χ0v) is 13.9. The predicted molar refractivity (Wildman–Crippen MR) is 90.1 cm³/mol. The van der Waals surface area contributed by atoms with E-state index in [-0.39, 0.29) is 11.2 Å². The molecule has 1 heterocycles. The van der Waals surface area contributed by atoms with Gasteiger partial charge in [-0.2, -0.15) is 0 Å². The van der Waals surface area contributed by atoms with Gasteiger partial charge in [-0.15, -0.1) is 0 Å². The van der Waals surface area contributed by atoms with Crippen molar-refractivity contribution in [2.75, 3.05) is 6.54 Å². The van der Waals surface area contributed by atoms with Crippen molar-refractivity contribution in [2.24, 2.45) is 5.92 Å². The van der Waals surface area contributed by atoms with Crippen LogP contribution >= 0.6 is 24.0 Å². The smallest absolute Gasteiger partial charge is 0.241 e. The monoisotopic (exact) mass is 307 g/mol. The van der Waals surface area contributed by atoms with Gasteiger partial charge in [0.2, 0.25) is 5.91 Å². The zero-order valence-electron chi connectivity index (χ0n) is 12.3. The van der Waals surface area contributed by atoms with E-state index in [4.69, 9.17) is 12.2 Å². The van der Waals surface area contributed by atoms with E-state index in [1.54, 1.807) is 4.90 Å². The molecular formula is C16H21NOS2. The highest BCUT2D eigenvalue weighted by Gasteiger charge is 2.36. The van der Waals surface area contributed by atoms with E-state index in [0.717, 1.165) is 23.7 Å². The van der Waals surface area contributed by atoms with Crippen LogP contribution in [-0.4, -0.2) is 26.9 Å². The molecule has 0 bridgehead atoms. The van der Waals surface area contributed by atoms with Gasteiger partial charge in [0.15, 0.2) is 0 Å². The number of thiocarbonyl (C=S) groups is 1. The third kappa shape index (κ3) is 3.61. The molecule has 0 radical (unpaired) electrons. The molecule has 0 unspecified atom stereocenters. The number of benzene rings is 1. The maximum absolute atomic E-state index is 12.4. The SMILES string of the molecule is CCc1ccc(C[C@@H]2SC(=S)N(CC(C)C)C2=O)cc1. The Labute approximate surface area is 130 Å². The van der Waals surface area contributed by atoms with E-state index >= 15 is 0 Å². The van der Waals surface area contributed by atoms with Crippen LogP contribution in [0.5, 0.6) is 0 Å². The van der Waals surface area contributed by atoms with Crippen LogP contribution in [0.25, 0.3) is 0 Å². The van der Waals surface area contributed by atoms with E-state index in [1.807, 2.05) is 0 Å². The molecule has 0 N–H and O–H groups in total. The first-order valence-electron chi connectivity index (χ1n) is 7.11. The normalized spacial score (nSPS) is 19.2. The number of aryl methyl sites for hydroxylation is 1. The van der Waals surface area contributed by atoms with Gasteiger partial charge in [-0.25, -0.2) is 0 Å². The molecule has 1 aliphatic rings. The highest BCUT2D eigenvalue weighted by atomic mass is 32.2. The second kappa shape index (κ2) is 6.72. The number of hydrogen-bond acceptors (Lipinski definition) is 3. The summed E-state index contributed by atoms with van der Waals surface area (Å²) in [6.45, 7) is 7.10. The molecule has 0 aliphatic carbocycles. The molecule has 0 aromatic heterocycles. The quantitative estimate of drug-likeness (QED) is 0.774. The average Bonchev–Trinajstić information content (AvgIpc) is 2.67. The number of rotatable bonds is 5. The molecule has 20 heavy (non-hydrogen) atoms. The molecule has 0 spiro atoms. The molecule has 2 nitrogen and oxygen atoms in total. The lowest BCUT2D eigenvalue weighted by atomic mass is 10.1. The number of carbonyl (C=O) groups is 1. The van der Waals surface area contributed by atoms with Crippen LogP contribution in [-0.2, 0) is 17.6 Å². The second-order valence-corrected chi connectivity index (χ2v) is 7.43. The van der Waals surface area contributed by atoms with Crippen molar-refractivity contribution in [3.63, 3.8) is 0 Å². The van der Waals surface area contributed by atoms with E-state index < -0.39 is 0 Å². The Morgan fingerprint density at radius 2 is 1.85 bits per heavy atom. The van der Waals surface area contributed by atoms with Crippen molar-refractivity contribution in [1.82, 2.24) is 4.90 Å². The number of thioether (sulfide) groups is 1. The highest BCUT2D eigenvalue weighted by molar-refractivity contribution is 8.24. The lowest BCUT2D eigenvalue weighted by Gasteiger charge is -2.17. The van der Waals surface area contributed by atoms with Gasteiger partial charge >= 0.3 is 0 Å². The summed E-state index contributed by atoms with van der Waals surface area (Å²) in [6.07, 6.45) is 1.81. The van der Waals surface area contributed by atoms with Gasteiger partial charge in [0.25, 0.3) is 0 Å². The summed E-state index contributed by atoms with van der Waals surface area (Å²) in [5.74, 6) is 0.619. The minimum atomic E-state index is -0.0475. The standard InChI is InChI=1S/C16H21NOS2/c1-4-12-5-7-13(8-6-12)9-14-15(18)17(10-11(2)3)16(19)20-14/h5-8,11,14H,4,9-10H2,1-3H3/t14-/m0/s1. The van der Waals surface area contributed by atoms with Gasteiger partial charge in [-0.05, 0) is 29.9 Å². The second-order valence-electron chi connectivity index (χ2n) is 5.59. The zero-order chi connectivity index (χ0) is 14.7. The van der Waals surface area contributed by atoms with Crippen LogP contribution in [0.2, 0.25) is 0 Å². The Bertz CT molecular complexity index is 496. The first kappa shape index (κ1) is 15.5. The molecule has 1 aromatic carbocycles. The molecule has 1 atom stereocenters. The fourth-order valence-corrected chi connectivity index (χ4v) is 3.84. The minimum absolute atomic E-state index is 0.0475. The number of nitrogens with zero attached hydrogens (tertiary/aromatic N) is 1. The van der Waals surface area contributed by atoms with E-state index in [1.165, 1.54) is 22.9 Å². The molecule has 2 rings (SSSR count). The topological polar surface area (TPSA) is 20.3 Å². The average molecular weight is 307 g/mol. The summed E-state index contributed by atoms with van der Waals surface area (Å²) in [4.78, 5) is 14.2. The van der Waals surface area contributed by atoms with Gasteiger partial charge in [-0.3, -0.25) is 9.69 Å². The molecule has 1 saturated heterocycles. The largest absolute Gasteiger partial charge is 0.296 e. The summed E-state index contributed by atoms with van der Waals surface area (Å²) >= 11 is 6.87. The first-order chi connectivity index (χ1) is 9.51. The van der Waals surface area contributed by atoms with Gasteiger partial charge in [0, 0.05) is 6.54 Å². The Hall–Kier alpha value is -0.870. The van der Waals surface area contributed by atoms with Crippen LogP contribution in [0, 0.1) is 5.92 Å². The van der Waals surface area contributed by atoms with Gasteiger partial charge < -0.3 is 0 Å². The number of carbonyl (C=O) groups excluding carboxylic acids is 1. The Balaban J connectivity index is 2.03. The molecule has 1 amide bonds. The predicted octanol–water partition coefficient (Wildman–Crippen LogP) is 3.68. The lowest BCUT2D eigenvalue weighted by molar-refractivity contribution is -0.126. The lowest BCUT2D eigenvalue weighted by Crippen LogP contribution is -2.34. The van der Waals surface area contributed by atoms with Crippen molar-refractivity contribution >= 4 is 34.2 Å². The van der Waals surface area contributed by atoms with Crippen LogP contribution in [0.1, 0.15) is 31.9 Å². The fourth-order valence-electron chi connectivity index (χ4n) is 2.28. The summed E-state index contributed by atoms with van der Waals surface area (Å²) in [5, 5.41) is -0.0475. The van der Waals surface area contributed by atoms with Crippen molar-refractivity contribution in [1.29, 1.82) is 0 Å². The molecule has 0 saturated carbocycles. The highest BCUT2D eigenvalue weighted by Crippen LogP contribution is 2.30. The van der Waals surface area contributed by atoms with Crippen LogP contribution < -0.4 is 0 Å². The third-order valence-corrected chi connectivity index (χ3v) is 4.99. The molecular weight excluding hydrogens is 286 g/mol. The molecule has 4 heteroatoms. The minimum Gasteiger partial charge on any atom is -0.296 e. The van der Waals surface area contributed by atoms with Gasteiger partial charge in [0.1, 0.15) is 4.32 Å². The molecule has 1 aliphatic heterocycles. The third-order valence-electron chi connectivity index (χ3n) is 3.40. The number of hydrogen-bond donors (Lipinski definition) is 0. The Morgan fingerprint density at radius 3 is 2.40 bits per heavy atom. The van der Waals surface area contributed by atoms with Crippen LogP contribution in [0.4, 0.5) is 0 Å². The van der Waals surface area contributed by atoms with E-state index in [2.05, 4.69) is 45.0 Å². The van der Waals surface area contributed by atoms with Gasteiger partial charge in [0.05, 0.1) is 5.25 Å². The maximum Gasteiger partial charge on any atom is 0.241 e. The summed E-state index contributed by atoms with van der Waals surface area (Å²) in [6, 6.07) is 8.54. The summed E-state index contributed by atoms with van der Waals surface area (Å²) < 4.78 is 0.735.